The lowest BCUT2D eigenvalue weighted by Gasteiger charge is -2.10. The van der Waals surface area contributed by atoms with Gasteiger partial charge >= 0.3 is 5.97 Å². The number of aliphatic carboxylic acids is 1. The van der Waals surface area contributed by atoms with E-state index in [1.165, 1.54) is 0 Å². The topological polar surface area (TPSA) is 63.8 Å². The van der Waals surface area contributed by atoms with Crippen molar-refractivity contribution in [2.75, 3.05) is 0 Å². The summed E-state index contributed by atoms with van der Waals surface area (Å²) in [7, 11) is 0. The molecule has 0 fully saturated rings. The second-order valence-corrected chi connectivity index (χ2v) is 6.38. The van der Waals surface area contributed by atoms with E-state index in [0.29, 0.717) is 6.42 Å². The molecule has 0 unspecified atom stereocenters. The Morgan fingerprint density at radius 3 is 2.60 bits per heavy atom. The molecule has 0 saturated carbocycles. The summed E-state index contributed by atoms with van der Waals surface area (Å²) in [4.78, 5) is 15.8. The number of imidazole rings is 1. The maximum Gasteiger partial charge on any atom is 0.303 e. The summed E-state index contributed by atoms with van der Waals surface area (Å²) >= 11 is 0. The summed E-state index contributed by atoms with van der Waals surface area (Å²) in [5.74, 6) is 0.0000140. The highest BCUT2D eigenvalue weighted by molar-refractivity contribution is 5.71. The van der Waals surface area contributed by atoms with E-state index in [9.17, 15) is 4.79 Å². The molecular formula is C20H22N2O3. The van der Waals surface area contributed by atoms with E-state index in [0.717, 1.165) is 33.9 Å². The molecule has 3 rings (SSSR count). The molecule has 1 N–H and O–H groups in total. The van der Waals surface area contributed by atoms with Crippen LogP contribution < -0.4 is 4.74 Å². The first-order valence-corrected chi connectivity index (χ1v) is 8.41. The number of fused-ring (bicyclic) bond motifs is 1. The number of hydrogen-bond acceptors (Lipinski definition) is 3. The maximum atomic E-state index is 11.0. The fraction of sp³-hybridized carbons (Fsp3) is 0.300. The maximum absolute atomic E-state index is 11.0. The zero-order valence-corrected chi connectivity index (χ0v) is 14.7. The number of aryl methyl sites for hydroxylation is 2. The molecule has 2 aromatic heterocycles. The highest BCUT2D eigenvalue weighted by atomic mass is 16.5. The van der Waals surface area contributed by atoms with Crippen molar-refractivity contribution >= 4 is 11.6 Å². The lowest BCUT2D eigenvalue weighted by molar-refractivity contribution is -0.136. The van der Waals surface area contributed by atoms with E-state index in [2.05, 4.69) is 0 Å². The first kappa shape index (κ1) is 17.0. The van der Waals surface area contributed by atoms with Gasteiger partial charge in [0.15, 0.2) is 0 Å². The summed E-state index contributed by atoms with van der Waals surface area (Å²) in [5.41, 5.74) is 4.62. The van der Waals surface area contributed by atoms with Crippen LogP contribution in [0.2, 0.25) is 0 Å². The average Bonchev–Trinajstić information content (AvgIpc) is 2.93. The van der Waals surface area contributed by atoms with Crippen molar-refractivity contribution in [1.29, 1.82) is 0 Å². The predicted octanol–water partition coefficient (Wildman–Crippen LogP) is 4.11. The van der Waals surface area contributed by atoms with Crippen LogP contribution in [0, 0.1) is 6.92 Å². The van der Waals surface area contributed by atoms with Crippen molar-refractivity contribution in [2.24, 2.45) is 0 Å². The van der Waals surface area contributed by atoms with Gasteiger partial charge in [-0.2, -0.15) is 0 Å². The summed E-state index contributed by atoms with van der Waals surface area (Å²) < 4.78 is 7.68. The Morgan fingerprint density at radius 1 is 1.24 bits per heavy atom. The molecule has 0 saturated heterocycles. The second kappa shape index (κ2) is 6.97. The number of aromatic nitrogens is 2. The molecule has 3 aromatic rings. The molecule has 130 valence electrons. The largest absolute Gasteiger partial charge is 0.491 e. The molecule has 5 heteroatoms. The lowest BCUT2D eigenvalue weighted by atomic mass is 10.1. The molecule has 0 bridgehead atoms. The van der Waals surface area contributed by atoms with Crippen LogP contribution in [-0.4, -0.2) is 26.6 Å². The number of rotatable bonds is 6. The minimum absolute atomic E-state index is 0.0727. The zero-order valence-electron chi connectivity index (χ0n) is 14.7. The highest BCUT2D eigenvalue weighted by Gasteiger charge is 2.16. The van der Waals surface area contributed by atoms with Crippen LogP contribution in [0.4, 0.5) is 0 Å². The van der Waals surface area contributed by atoms with E-state index in [4.69, 9.17) is 14.8 Å². The van der Waals surface area contributed by atoms with Gasteiger partial charge in [0.05, 0.1) is 23.9 Å². The summed E-state index contributed by atoms with van der Waals surface area (Å²) in [5, 5.41) is 9.07. The smallest absolute Gasteiger partial charge is 0.303 e. The Balaban J connectivity index is 2.06. The first-order chi connectivity index (χ1) is 12.0. The molecule has 0 spiro atoms. The third-order valence-electron chi connectivity index (χ3n) is 4.02. The molecule has 0 atom stereocenters. The van der Waals surface area contributed by atoms with E-state index in [1.54, 1.807) is 0 Å². The second-order valence-electron chi connectivity index (χ2n) is 6.38. The Labute approximate surface area is 146 Å². The minimum Gasteiger partial charge on any atom is -0.491 e. The Bertz CT molecular complexity index is 895. The third-order valence-corrected chi connectivity index (χ3v) is 4.02. The van der Waals surface area contributed by atoms with Crippen molar-refractivity contribution in [3.63, 3.8) is 0 Å². The van der Waals surface area contributed by atoms with Gasteiger partial charge in [-0.3, -0.25) is 4.79 Å². The fourth-order valence-electron chi connectivity index (χ4n) is 2.91. The molecule has 0 aliphatic carbocycles. The van der Waals surface area contributed by atoms with Gasteiger partial charge in [-0.15, -0.1) is 0 Å². The number of carboxylic acids is 1. The number of nitrogens with zero attached hydrogens (tertiary/aromatic N) is 2. The quantitative estimate of drug-likeness (QED) is 0.734. The summed E-state index contributed by atoms with van der Waals surface area (Å²) in [6, 6.07) is 11.8. The zero-order chi connectivity index (χ0) is 18.0. The van der Waals surface area contributed by atoms with Gasteiger partial charge in [0, 0.05) is 18.2 Å². The van der Waals surface area contributed by atoms with Crippen molar-refractivity contribution in [1.82, 2.24) is 9.38 Å². The lowest BCUT2D eigenvalue weighted by Crippen LogP contribution is -2.05. The Kier molecular flexibility index (Phi) is 4.74. The molecule has 1 aromatic carbocycles. The first-order valence-electron chi connectivity index (χ1n) is 8.41. The van der Waals surface area contributed by atoms with Crippen molar-refractivity contribution in [3.8, 4) is 17.0 Å². The monoisotopic (exact) mass is 338 g/mol. The average molecular weight is 338 g/mol. The van der Waals surface area contributed by atoms with Crippen LogP contribution in [0.25, 0.3) is 16.9 Å². The number of hydrogen-bond donors (Lipinski definition) is 1. The molecule has 2 heterocycles. The van der Waals surface area contributed by atoms with Gasteiger partial charge in [-0.1, -0.05) is 6.07 Å². The fourth-order valence-corrected chi connectivity index (χ4v) is 2.91. The molecule has 25 heavy (non-hydrogen) atoms. The normalized spacial score (nSPS) is 11.2. The van der Waals surface area contributed by atoms with E-state index in [1.807, 2.05) is 67.8 Å². The van der Waals surface area contributed by atoms with Crippen LogP contribution in [0.1, 0.15) is 31.5 Å². The molecule has 5 nitrogen and oxygen atoms in total. The number of pyridine rings is 1. The van der Waals surface area contributed by atoms with Gasteiger partial charge in [-0.05, 0) is 56.7 Å². The van der Waals surface area contributed by atoms with Crippen LogP contribution in [0.15, 0.2) is 42.6 Å². The molecule has 0 amide bonds. The van der Waals surface area contributed by atoms with Gasteiger partial charge in [0.25, 0.3) is 0 Å². The number of carboxylic acid groups (broad SMARTS) is 1. The predicted molar refractivity (Wildman–Crippen MR) is 97.1 cm³/mol. The third kappa shape index (κ3) is 3.65. The standard InChI is InChI=1S/C20H22N2O3/c1-13(2)25-16-8-6-15(7-9-16)19-17(10-11-18(23)24)22-12-4-5-14(3)20(22)21-19/h4-9,12-13H,10-11H2,1-3H3,(H,23,24). The Hall–Kier alpha value is -2.82. The van der Waals surface area contributed by atoms with Crippen LogP contribution in [-0.2, 0) is 11.2 Å². The van der Waals surface area contributed by atoms with Crippen molar-refractivity contribution < 1.29 is 14.6 Å². The van der Waals surface area contributed by atoms with E-state index in [-0.39, 0.29) is 12.5 Å². The molecule has 0 aliphatic rings. The molecular weight excluding hydrogens is 316 g/mol. The SMILES string of the molecule is Cc1cccn2c(CCC(=O)O)c(-c3ccc(OC(C)C)cc3)nc12. The number of carbonyl (C=O) groups is 1. The summed E-state index contributed by atoms with van der Waals surface area (Å²) in [6.45, 7) is 5.98. The van der Waals surface area contributed by atoms with E-state index < -0.39 is 5.97 Å². The van der Waals surface area contributed by atoms with E-state index >= 15 is 0 Å². The number of ether oxygens (including phenoxy) is 1. The van der Waals surface area contributed by atoms with Gasteiger partial charge < -0.3 is 14.2 Å². The number of benzene rings is 1. The van der Waals surface area contributed by atoms with Gasteiger partial charge in [0.2, 0.25) is 0 Å². The molecule has 0 radical (unpaired) electrons. The van der Waals surface area contributed by atoms with Gasteiger partial charge in [-0.25, -0.2) is 4.98 Å². The summed E-state index contributed by atoms with van der Waals surface area (Å²) in [6.07, 6.45) is 2.56. The van der Waals surface area contributed by atoms with Crippen LogP contribution in [0.5, 0.6) is 5.75 Å². The van der Waals surface area contributed by atoms with Crippen LogP contribution >= 0.6 is 0 Å². The highest BCUT2D eigenvalue weighted by Crippen LogP contribution is 2.28. The van der Waals surface area contributed by atoms with Crippen molar-refractivity contribution in [2.45, 2.75) is 39.7 Å². The minimum atomic E-state index is -0.811. The van der Waals surface area contributed by atoms with Gasteiger partial charge in [0.1, 0.15) is 11.4 Å². The molecule has 0 aliphatic heterocycles. The van der Waals surface area contributed by atoms with Crippen LogP contribution in [0.3, 0.4) is 0 Å². The van der Waals surface area contributed by atoms with Crippen molar-refractivity contribution in [3.05, 3.63) is 53.9 Å². The Morgan fingerprint density at radius 2 is 1.96 bits per heavy atom.